The van der Waals surface area contributed by atoms with E-state index in [2.05, 4.69) is 9.97 Å². The number of hydrogen-bond donors (Lipinski definition) is 0. The van der Waals surface area contributed by atoms with Crippen LogP contribution in [0.25, 0.3) is 27.8 Å². The molecule has 4 aromatic rings. The molecular formula is C20H18N4O3. The summed E-state index contributed by atoms with van der Waals surface area (Å²) in [5.41, 5.74) is 1.88. The smallest absolute Gasteiger partial charge is 0.423 e. The molecule has 0 N–H and O–H groups in total. The van der Waals surface area contributed by atoms with Crippen LogP contribution in [-0.2, 0) is 4.74 Å². The van der Waals surface area contributed by atoms with Gasteiger partial charge in [-0.3, -0.25) is 14.5 Å². The summed E-state index contributed by atoms with van der Waals surface area (Å²) in [4.78, 5) is 34.3. The predicted octanol–water partition coefficient (Wildman–Crippen LogP) is 3.52. The van der Waals surface area contributed by atoms with Gasteiger partial charge in [-0.25, -0.2) is 9.59 Å². The molecule has 2 aromatic heterocycles. The van der Waals surface area contributed by atoms with Crippen LogP contribution in [0, 0.1) is 0 Å². The summed E-state index contributed by atoms with van der Waals surface area (Å²) >= 11 is 0. The van der Waals surface area contributed by atoms with Crippen molar-refractivity contribution in [1.29, 1.82) is 0 Å². The fourth-order valence-electron chi connectivity index (χ4n) is 2.97. The van der Waals surface area contributed by atoms with Crippen LogP contribution in [0.15, 0.2) is 59.7 Å². The first-order chi connectivity index (χ1) is 12.8. The molecule has 0 fully saturated rings. The Morgan fingerprint density at radius 1 is 0.963 bits per heavy atom. The number of carbonyl (C=O) groups is 1. The van der Waals surface area contributed by atoms with E-state index in [0.717, 1.165) is 10.1 Å². The molecule has 136 valence electrons. The van der Waals surface area contributed by atoms with Gasteiger partial charge in [0.15, 0.2) is 0 Å². The van der Waals surface area contributed by atoms with Crippen molar-refractivity contribution in [2.75, 3.05) is 0 Å². The molecule has 0 atom stereocenters. The molecule has 2 heterocycles. The summed E-state index contributed by atoms with van der Waals surface area (Å²) in [6.07, 6.45) is 2.50. The number of fused-ring (bicyclic) bond motifs is 2. The molecule has 0 radical (unpaired) electrons. The molecule has 0 aliphatic rings. The van der Waals surface area contributed by atoms with Crippen LogP contribution in [0.1, 0.15) is 20.8 Å². The summed E-state index contributed by atoms with van der Waals surface area (Å²) in [5.74, 6) is 0. The minimum Gasteiger partial charge on any atom is -0.443 e. The number of benzene rings is 2. The van der Waals surface area contributed by atoms with E-state index in [1.807, 2.05) is 6.07 Å². The molecule has 2 aromatic carbocycles. The number of hydrogen-bond acceptors (Lipinski definition) is 5. The second-order valence-corrected chi connectivity index (χ2v) is 7.15. The summed E-state index contributed by atoms with van der Waals surface area (Å²) in [6.45, 7) is 5.28. The molecular weight excluding hydrogens is 344 g/mol. The zero-order chi connectivity index (χ0) is 19.2. The Hall–Kier alpha value is -3.48. The van der Waals surface area contributed by atoms with Gasteiger partial charge in [0.1, 0.15) is 5.60 Å². The van der Waals surface area contributed by atoms with Crippen LogP contribution in [0.5, 0.6) is 0 Å². The van der Waals surface area contributed by atoms with Crippen molar-refractivity contribution in [3.8, 4) is 5.69 Å². The van der Waals surface area contributed by atoms with Crippen LogP contribution in [0.2, 0.25) is 0 Å². The lowest BCUT2D eigenvalue weighted by molar-refractivity contribution is 0.0538. The highest BCUT2D eigenvalue weighted by atomic mass is 16.6. The Morgan fingerprint density at radius 3 is 2.33 bits per heavy atom. The first-order valence-corrected chi connectivity index (χ1v) is 8.52. The van der Waals surface area contributed by atoms with E-state index in [1.54, 1.807) is 69.6 Å². The maximum atomic E-state index is 13.1. The molecule has 0 saturated carbocycles. The minimum atomic E-state index is -0.710. The zero-order valence-electron chi connectivity index (χ0n) is 15.2. The molecule has 4 rings (SSSR count). The van der Waals surface area contributed by atoms with Crippen LogP contribution in [0.3, 0.4) is 0 Å². The first-order valence-electron chi connectivity index (χ1n) is 8.52. The van der Waals surface area contributed by atoms with E-state index in [1.165, 1.54) is 4.57 Å². The Bertz CT molecular complexity index is 1230. The average Bonchev–Trinajstić information content (AvgIpc) is 2.91. The van der Waals surface area contributed by atoms with Gasteiger partial charge >= 0.3 is 11.8 Å². The molecule has 0 bridgehead atoms. The number of para-hydroxylation sites is 2. The normalized spacial score (nSPS) is 11.8. The van der Waals surface area contributed by atoms with Crippen molar-refractivity contribution in [2.24, 2.45) is 0 Å². The lowest BCUT2D eigenvalue weighted by atomic mass is 10.2. The van der Waals surface area contributed by atoms with Crippen LogP contribution >= 0.6 is 0 Å². The first kappa shape index (κ1) is 17.0. The number of aromatic nitrogens is 4. The molecule has 0 aliphatic carbocycles. The third kappa shape index (κ3) is 2.97. The summed E-state index contributed by atoms with van der Waals surface area (Å²) < 4.78 is 7.96. The quantitative estimate of drug-likeness (QED) is 0.518. The van der Waals surface area contributed by atoms with Crippen LogP contribution < -0.4 is 5.69 Å². The third-order valence-electron chi connectivity index (χ3n) is 4.03. The number of nitrogens with zero attached hydrogens (tertiary/aromatic N) is 4. The van der Waals surface area contributed by atoms with Crippen LogP contribution in [0.4, 0.5) is 4.79 Å². The van der Waals surface area contributed by atoms with Crippen molar-refractivity contribution in [3.05, 3.63) is 65.3 Å². The Labute approximate surface area is 154 Å². The zero-order valence-corrected chi connectivity index (χ0v) is 15.2. The summed E-state index contributed by atoms with van der Waals surface area (Å²) in [7, 11) is 0. The van der Waals surface area contributed by atoms with Crippen molar-refractivity contribution in [2.45, 2.75) is 26.4 Å². The van der Waals surface area contributed by atoms with Crippen molar-refractivity contribution >= 4 is 28.2 Å². The number of ether oxygens (including phenoxy) is 1. The monoisotopic (exact) mass is 362 g/mol. The number of rotatable bonds is 1. The average molecular weight is 362 g/mol. The molecule has 0 unspecified atom stereocenters. The van der Waals surface area contributed by atoms with Crippen LogP contribution in [-0.4, -0.2) is 30.8 Å². The molecule has 0 saturated heterocycles. The topological polar surface area (TPSA) is 79.0 Å². The lowest BCUT2D eigenvalue weighted by Gasteiger charge is -2.19. The second kappa shape index (κ2) is 6.05. The Balaban J connectivity index is 1.97. The maximum absolute atomic E-state index is 13.1. The van der Waals surface area contributed by atoms with E-state index in [4.69, 9.17) is 4.74 Å². The van der Waals surface area contributed by atoms with E-state index in [-0.39, 0.29) is 0 Å². The van der Waals surface area contributed by atoms with Crippen molar-refractivity contribution < 1.29 is 9.53 Å². The maximum Gasteiger partial charge on any atom is 0.423 e. The van der Waals surface area contributed by atoms with E-state index >= 15 is 0 Å². The second-order valence-electron chi connectivity index (χ2n) is 7.15. The lowest BCUT2D eigenvalue weighted by Crippen LogP contribution is -2.34. The van der Waals surface area contributed by atoms with Gasteiger partial charge in [0.25, 0.3) is 0 Å². The Morgan fingerprint density at radius 2 is 1.63 bits per heavy atom. The largest absolute Gasteiger partial charge is 0.443 e. The highest BCUT2D eigenvalue weighted by Crippen LogP contribution is 2.21. The van der Waals surface area contributed by atoms with Gasteiger partial charge in [0.05, 0.1) is 27.8 Å². The molecule has 7 heteroatoms. The van der Waals surface area contributed by atoms with Gasteiger partial charge in [-0.2, -0.15) is 4.57 Å². The molecule has 0 amide bonds. The van der Waals surface area contributed by atoms with Gasteiger partial charge in [-0.05, 0) is 51.1 Å². The van der Waals surface area contributed by atoms with Gasteiger partial charge in [0, 0.05) is 12.4 Å². The molecule has 7 nitrogen and oxygen atoms in total. The van der Waals surface area contributed by atoms with E-state index < -0.39 is 17.4 Å². The van der Waals surface area contributed by atoms with Gasteiger partial charge in [-0.1, -0.05) is 12.1 Å². The van der Waals surface area contributed by atoms with Gasteiger partial charge in [0.2, 0.25) is 0 Å². The predicted molar refractivity (Wildman–Crippen MR) is 102 cm³/mol. The number of carbonyl (C=O) groups excluding carboxylic acids is 1. The highest BCUT2D eigenvalue weighted by Gasteiger charge is 2.24. The molecule has 0 aliphatic heterocycles. The summed E-state index contributed by atoms with van der Waals surface area (Å²) in [6, 6.07) is 12.5. The van der Waals surface area contributed by atoms with Crippen molar-refractivity contribution in [3.63, 3.8) is 0 Å². The third-order valence-corrected chi connectivity index (χ3v) is 4.03. The van der Waals surface area contributed by atoms with Gasteiger partial charge < -0.3 is 4.74 Å². The molecule has 0 spiro atoms. The standard InChI is InChI=1S/C20H18N4O3/c1-20(2,3)27-19(26)24-17-7-5-4-6-16(17)23(18(24)25)13-8-9-14-15(12-13)22-11-10-21-14/h4-12H,1-3H3. The highest BCUT2D eigenvalue weighted by molar-refractivity contribution is 5.88. The number of imidazole rings is 1. The van der Waals surface area contributed by atoms with E-state index in [0.29, 0.717) is 22.2 Å². The fraction of sp³-hybridized carbons (Fsp3) is 0.200. The summed E-state index contributed by atoms with van der Waals surface area (Å²) in [5, 5.41) is 0. The van der Waals surface area contributed by atoms with Gasteiger partial charge in [-0.15, -0.1) is 0 Å². The van der Waals surface area contributed by atoms with Crippen molar-refractivity contribution in [1.82, 2.24) is 19.1 Å². The van der Waals surface area contributed by atoms with E-state index in [9.17, 15) is 9.59 Å². The SMILES string of the molecule is CC(C)(C)OC(=O)n1c(=O)n(-c2ccc3nccnc3c2)c2ccccc21. The molecule has 27 heavy (non-hydrogen) atoms. The Kier molecular flexibility index (Phi) is 3.80. The fourth-order valence-corrected chi connectivity index (χ4v) is 2.97. The minimum absolute atomic E-state index is 0.482.